The van der Waals surface area contributed by atoms with Crippen LogP contribution in [-0.4, -0.2) is 35.5 Å². The van der Waals surface area contributed by atoms with Crippen molar-refractivity contribution in [1.82, 2.24) is 4.90 Å². The normalized spacial score (nSPS) is 30.6. The van der Waals surface area contributed by atoms with Gasteiger partial charge in [-0.05, 0) is 45.2 Å². The molecule has 4 nitrogen and oxygen atoms in total. The predicted octanol–water partition coefficient (Wildman–Crippen LogP) is 0.844. The van der Waals surface area contributed by atoms with E-state index in [0.717, 1.165) is 45.2 Å². The van der Waals surface area contributed by atoms with Crippen LogP contribution in [0.25, 0.3) is 0 Å². The molecule has 1 fully saturated rings. The summed E-state index contributed by atoms with van der Waals surface area (Å²) in [5.74, 6) is -0.343. The summed E-state index contributed by atoms with van der Waals surface area (Å²) in [5, 5.41) is 0. The Bertz CT molecular complexity index is 244. The van der Waals surface area contributed by atoms with Crippen LogP contribution in [0, 0.1) is 0 Å². The summed E-state index contributed by atoms with van der Waals surface area (Å²) in [6.07, 6.45) is 4.74. The first-order valence-electron chi connectivity index (χ1n) is 6.36. The molecule has 2 atom stereocenters. The van der Waals surface area contributed by atoms with Crippen molar-refractivity contribution >= 4 is 5.91 Å². The van der Waals surface area contributed by atoms with Gasteiger partial charge in [0.2, 0.25) is 5.91 Å². The van der Waals surface area contributed by atoms with Gasteiger partial charge in [0, 0.05) is 6.04 Å². The lowest BCUT2D eigenvalue weighted by Crippen LogP contribution is -2.58. The minimum absolute atomic E-state index is 0.343. The molecule has 4 N–H and O–H groups in total. The molecule has 0 radical (unpaired) electrons. The zero-order valence-corrected chi connectivity index (χ0v) is 10.5. The standard InChI is InChI=1S/C12H25N3O/c1-3-8-15(4-2)10-6-5-7-12(14,9-10)11(13)16/h10H,3-9,14H2,1-2H3,(H2,13,16). The van der Waals surface area contributed by atoms with Crippen molar-refractivity contribution in [3.8, 4) is 0 Å². The number of nitrogens with zero attached hydrogens (tertiary/aromatic N) is 1. The summed E-state index contributed by atoms with van der Waals surface area (Å²) in [7, 11) is 0. The predicted molar refractivity (Wildman–Crippen MR) is 65.9 cm³/mol. The fraction of sp³-hybridized carbons (Fsp3) is 0.917. The van der Waals surface area contributed by atoms with Gasteiger partial charge in [-0.1, -0.05) is 13.8 Å². The van der Waals surface area contributed by atoms with Gasteiger partial charge in [0.15, 0.2) is 0 Å². The third kappa shape index (κ3) is 2.95. The van der Waals surface area contributed by atoms with Crippen molar-refractivity contribution in [2.45, 2.75) is 57.5 Å². The minimum Gasteiger partial charge on any atom is -0.368 e. The largest absolute Gasteiger partial charge is 0.368 e. The van der Waals surface area contributed by atoms with Crippen LogP contribution in [0.1, 0.15) is 46.0 Å². The number of hydrogen-bond donors (Lipinski definition) is 2. The molecule has 0 aromatic carbocycles. The molecule has 0 aromatic heterocycles. The van der Waals surface area contributed by atoms with E-state index in [2.05, 4.69) is 18.7 Å². The first-order chi connectivity index (χ1) is 7.53. The second-order valence-electron chi connectivity index (χ2n) is 4.90. The lowest BCUT2D eigenvalue weighted by atomic mass is 9.78. The molecule has 0 aliphatic heterocycles. The molecule has 0 spiro atoms. The smallest absolute Gasteiger partial charge is 0.237 e. The van der Waals surface area contributed by atoms with Crippen LogP contribution in [0.5, 0.6) is 0 Å². The van der Waals surface area contributed by atoms with Crippen LogP contribution in [0.2, 0.25) is 0 Å². The van der Waals surface area contributed by atoms with Gasteiger partial charge in [-0.15, -0.1) is 0 Å². The molecule has 1 aliphatic rings. The minimum atomic E-state index is -0.774. The van der Waals surface area contributed by atoms with Gasteiger partial charge in [-0.25, -0.2) is 0 Å². The Morgan fingerprint density at radius 3 is 2.69 bits per heavy atom. The van der Waals surface area contributed by atoms with E-state index < -0.39 is 5.54 Å². The van der Waals surface area contributed by atoms with Gasteiger partial charge in [0.05, 0.1) is 5.54 Å². The van der Waals surface area contributed by atoms with Gasteiger partial charge in [-0.3, -0.25) is 4.79 Å². The molecule has 1 amide bonds. The highest BCUT2D eigenvalue weighted by Gasteiger charge is 2.39. The van der Waals surface area contributed by atoms with Crippen LogP contribution in [0.15, 0.2) is 0 Å². The van der Waals surface area contributed by atoms with Crippen molar-refractivity contribution in [3.05, 3.63) is 0 Å². The van der Waals surface area contributed by atoms with E-state index in [4.69, 9.17) is 11.5 Å². The summed E-state index contributed by atoms with van der Waals surface area (Å²) < 4.78 is 0. The van der Waals surface area contributed by atoms with Gasteiger partial charge in [0.1, 0.15) is 0 Å². The van der Waals surface area contributed by atoms with Gasteiger partial charge < -0.3 is 16.4 Å². The zero-order chi connectivity index (χ0) is 12.2. The van der Waals surface area contributed by atoms with Gasteiger partial charge in [-0.2, -0.15) is 0 Å². The first-order valence-corrected chi connectivity index (χ1v) is 6.36. The highest BCUT2D eigenvalue weighted by atomic mass is 16.1. The van der Waals surface area contributed by atoms with E-state index in [1.165, 1.54) is 0 Å². The van der Waals surface area contributed by atoms with E-state index in [0.29, 0.717) is 6.04 Å². The van der Waals surface area contributed by atoms with Crippen molar-refractivity contribution in [1.29, 1.82) is 0 Å². The maximum atomic E-state index is 11.4. The number of rotatable bonds is 5. The lowest BCUT2D eigenvalue weighted by Gasteiger charge is -2.40. The molecular formula is C12H25N3O. The van der Waals surface area contributed by atoms with Crippen LogP contribution < -0.4 is 11.5 Å². The van der Waals surface area contributed by atoms with Crippen LogP contribution in [0.4, 0.5) is 0 Å². The van der Waals surface area contributed by atoms with Crippen LogP contribution in [-0.2, 0) is 4.79 Å². The highest BCUT2D eigenvalue weighted by molar-refractivity contribution is 5.84. The van der Waals surface area contributed by atoms with Gasteiger partial charge >= 0.3 is 0 Å². The van der Waals surface area contributed by atoms with E-state index in [-0.39, 0.29) is 5.91 Å². The fourth-order valence-corrected chi connectivity index (χ4v) is 2.70. The fourth-order valence-electron chi connectivity index (χ4n) is 2.70. The van der Waals surface area contributed by atoms with Gasteiger partial charge in [0.25, 0.3) is 0 Å². The average Bonchev–Trinajstić information content (AvgIpc) is 2.25. The maximum absolute atomic E-state index is 11.4. The molecule has 1 aliphatic carbocycles. The van der Waals surface area contributed by atoms with Crippen LogP contribution >= 0.6 is 0 Å². The average molecular weight is 227 g/mol. The number of amides is 1. The number of carbonyl (C=O) groups is 1. The molecule has 0 aromatic rings. The molecule has 1 rings (SSSR count). The van der Waals surface area contributed by atoms with Crippen molar-refractivity contribution in [2.75, 3.05) is 13.1 Å². The number of primary amides is 1. The first kappa shape index (κ1) is 13.5. The Morgan fingerprint density at radius 1 is 1.50 bits per heavy atom. The van der Waals surface area contributed by atoms with Crippen molar-refractivity contribution < 1.29 is 4.79 Å². The second-order valence-corrected chi connectivity index (χ2v) is 4.90. The molecule has 0 bridgehead atoms. The topological polar surface area (TPSA) is 72.3 Å². The Kier molecular flexibility index (Phi) is 4.74. The Balaban J connectivity index is 2.65. The second kappa shape index (κ2) is 5.64. The molecule has 0 saturated heterocycles. The summed E-state index contributed by atoms with van der Waals surface area (Å²) in [5.41, 5.74) is 10.7. The third-order valence-corrected chi connectivity index (χ3v) is 3.68. The Hall–Kier alpha value is -0.610. The zero-order valence-electron chi connectivity index (χ0n) is 10.5. The Morgan fingerprint density at radius 2 is 2.19 bits per heavy atom. The van der Waals surface area contributed by atoms with E-state index in [1.54, 1.807) is 0 Å². The van der Waals surface area contributed by atoms with E-state index in [9.17, 15) is 4.79 Å². The van der Waals surface area contributed by atoms with Crippen molar-refractivity contribution in [2.24, 2.45) is 11.5 Å². The lowest BCUT2D eigenvalue weighted by molar-refractivity contribution is -0.125. The van der Waals surface area contributed by atoms with E-state index in [1.807, 2.05) is 0 Å². The monoisotopic (exact) mass is 227 g/mol. The molecule has 1 saturated carbocycles. The van der Waals surface area contributed by atoms with E-state index >= 15 is 0 Å². The molecule has 16 heavy (non-hydrogen) atoms. The summed E-state index contributed by atoms with van der Waals surface area (Å²) in [6.45, 7) is 6.44. The molecule has 94 valence electrons. The quantitative estimate of drug-likeness (QED) is 0.731. The summed E-state index contributed by atoms with van der Waals surface area (Å²) in [6, 6.07) is 0.427. The summed E-state index contributed by atoms with van der Waals surface area (Å²) >= 11 is 0. The van der Waals surface area contributed by atoms with Crippen molar-refractivity contribution in [3.63, 3.8) is 0 Å². The molecule has 4 heteroatoms. The third-order valence-electron chi connectivity index (χ3n) is 3.68. The number of carbonyl (C=O) groups excluding carboxylic acids is 1. The maximum Gasteiger partial charge on any atom is 0.237 e. The SMILES string of the molecule is CCCN(CC)C1CCCC(N)(C(N)=O)C1. The molecular weight excluding hydrogens is 202 g/mol. The highest BCUT2D eigenvalue weighted by Crippen LogP contribution is 2.29. The number of hydrogen-bond acceptors (Lipinski definition) is 3. The molecule has 0 heterocycles. The summed E-state index contributed by atoms with van der Waals surface area (Å²) in [4.78, 5) is 13.8. The van der Waals surface area contributed by atoms with Crippen LogP contribution in [0.3, 0.4) is 0 Å². The Labute approximate surface area is 98.3 Å². The number of nitrogens with two attached hydrogens (primary N) is 2. The molecule has 2 unspecified atom stereocenters.